The van der Waals surface area contributed by atoms with Gasteiger partial charge in [0.2, 0.25) is 5.16 Å². The summed E-state index contributed by atoms with van der Waals surface area (Å²) >= 11 is 2.92. The molecule has 0 unspecified atom stereocenters. The lowest BCUT2D eigenvalue weighted by Crippen LogP contribution is -2.11. The number of thioether (sulfide) groups is 1. The van der Waals surface area contributed by atoms with Crippen LogP contribution in [0, 0.1) is 0 Å². The van der Waals surface area contributed by atoms with Crippen LogP contribution in [0.1, 0.15) is 5.69 Å². The zero-order valence-electron chi connectivity index (χ0n) is 9.50. The molecule has 19 heavy (non-hydrogen) atoms. The van der Waals surface area contributed by atoms with Crippen LogP contribution in [0.25, 0.3) is 4.96 Å². The molecule has 98 valence electrons. The molecule has 3 rings (SSSR count). The molecule has 0 aliphatic heterocycles. The van der Waals surface area contributed by atoms with Gasteiger partial charge in [0.25, 0.3) is 0 Å². The highest BCUT2D eigenvalue weighted by atomic mass is 32.2. The summed E-state index contributed by atoms with van der Waals surface area (Å²) in [6.07, 6.45) is 3.87. The van der Waals surface area contributed by atoms with Gasteiger partial charge in [-0.3, -0.25) is 9.20 Å². The van der Waals surface area contributed by atoms with Gasteiger partial charge in [0.15, 0.2) is 4.96 Å². The van der Waals surface area contributed by atoms with E-state index in [4.69, 9.17) is 5.11 Å². The monoisotopic (exact) mass is 296 g/mol. The second-order valence-electron chi connectivity index (χ2n) is 3.63. The Labute approximate surface area is 115 Å². The molecule has 0 radical (unpaired) electrons. The first kappa shape index (κ1) is 12.1. The summed E-state index contributed by atoms with van der Waals surface area (Å²) in [4.78, 5) is 16.0. The van der Waals surface area contributed by atoms with Crippen LogP contribution in [0.5, 0.6) is 0 Å². The highest BCUT2D eigenvalue weighted by Gasteiger charge is 2.11. The van der Waals surface area contributed by atoms with Gasteiger partial charge in [0.1, 0.15) is 6.54 Å². The number of tetrazole rings is 1. The van der Waals surface area contributed by atoms with Crippen LogP contribution >= 0.6 is 23.1 Å². The minimum atomic E-state index is -0.975. The van der Waals surface area contributed by atoms with Gasteiger partial charge in [-0.2, -0.15) is 0 Å². The molecule has 3 aromatic rings. The van der Waals surface area contributed by atoms with Gasteiger partial charge in [0, 0.05) is 23.5 Å². The fourth-order valence-electron chi connectivity index (χ4n) is 1.51. The predicted molar refractivity (Wildman–Crippen MR) is 68.1 cm³/mol. The molecule has 8 nitrogen and oxygen atoms in total. The van der Waals surface area contributed by atoms with Crippen LogP contribution in [-0.4, -0.2) is 40.7 Å². The molecular weight excluding hydrogens is 288 g/mol. The number of nitrogens with zero attached hydrogens (tertiary/aromatic N) is 6. The number of carboxylic acids is 1. The summed E-state index contributed by atoms with van der Waals surface area (Å²) in [6.45, 7) is -0.242. The van der Waals surface area contributed by atoms with Crippen LogP contribution in [0.4, 0.5) is 0 Å². The Kier molecular flexibility index (Phi) is 3.17. The maximum Gasteiger partial charge on any atom is 0.325 e. The van der Waals surface area contributed by atoms with Crippen molar-refractivity contribution in [1.29, 1.82) is 0 Å². The first-order valence-electron chi connectivity index (χ1n) is 5.24. The molecule has 0 bridgehead atoms. The zero-order valence-corrected chi connectivity index (χ0v) is 11.1. The van der Waals surface area contributed by atoms with Crippen molar-refractivity contribution in [3.05, 3.63) is 23.5 Å². The van der Waals surface area contributed by atoms with Crippen LogP contribution in [0.3, 0.4) is 0 Å². The number of aromatic nitrogens is 6. The van der Waals surface area contributed by atoms with Gasteiger partial charge in [-0.25, -0.2) is 9.67 Å². The number of carbonyl (C=O) groups is 1. The number of imidazole rings is 1. The van der Waals surface area contributed by atoms with E-state index >= 15 is 0 Å². The molecule has 0 atom stereocenters. The van der Waals surface area contributed by atoms with Gasteiger partial charge < -0.3 is 5.11 Å². The number of aliphatic carboxylic acids is 1. The molecule has 0 saturated carbocycles. The smallest absolute Gasteiger partial charge is 0.325 e. The summed E-state index contributed by atoms with van der Waals surface area (Å²) < 4.78 is 3.20. The molecule has 0 aromatic carbocycles. The third kappa shape index (κ3) is 2.58. The molecule has 0 aliphatic rings. The number of hydrogen-bond acceptors (Lipinski definition) is 7. The lowest BCUT2D eigenvalue weighted by atomic mass is 10.6. The van der Waals surface area contributed by atoms with Crippen LogP contribution in [-0.2, 0) is 17.1 Å². The molecular formula is C9H8N6O2S2. The predicted octanol–water partition coefficient (Wildman–Crippen LogP) is 0.759. The second-order valence-corrected chi connectivity index (χ2v) is 5.44. The molecule has 0 fully saturated rings. The molecule has 0 aliphatic carbocycles. The summed E-state index contributed by atoms with van der Waals surface area (Å²) in [7, 11) is 0. The zero-order chi connectivity index (χ0) is 13.2. The number of carboxylic acid groups (broad SMARTS) is 1. The van der Waals surface area contributed by atoms with Crippen LogP contribution < -0.4 is 0 Å². The second kappa shape index (κ2) is 4.97. The van der Waals surface area contributed by atoms with E-state index in [-0.39, 0.29) is 6.54 Å². The van der Waals surface area contributed by atoms with E-state index in [0.717, 1.165) is 10.7 Å². The van der Waals surface area contributed by atoms with Crippen molar-refractivity contribution in [2.75, 3.05) is 0 Å². The Morgan fingerprint density at radius 2 is 2.42 bits per heavy atom. The highest BCUT2D eigenvalue weighted by molar-refractivity contribution is 7.98. The summed E-state index contributed by atoms with van der Waals surface area (Å²) in [5.74, 6) is -0.384. The molecule has 0 amide bonds. The Hall–Kier alpha value is -1.94. The number of rotatable bonds is 5. The van der Waals surface area contributed by atoms with E-state index in [2.05, 4.69) is 20.5 Å². The number of hydrogen-bond donors (Lipinski definition) is 1. The van der Waals surface area contributed by atoms with E-state index in [0.29, 0.717) is 10.9 Å². The largest absolute Gasteiger partial charge is 0.480 e. The van der Waals surface area contributed by atoms with Gasteiger partial charge >= 0.3 is 5.97 Å². The lowest BCUT2D eigenvalue weighted by molar-refractivity contribution is -0.138. The average Bonchev–Trinajstić information content (AvgIpc) is 3.00. The van der Waals surface area contributed by atoms with Gasteiger partial charge in [-0.15, -0.1) is 16.4 Å². The maximum absolute atomic E-state index is 10.6. The molecule has 0 spiro atoms. The molecule has 10 heteroatoms. The van der Waals surface area contributed by atoms with Gasteiger partial charge in [-0.05, 0) is 10.4 Å². The SMILES string of the molecule is O=C(O)Cn1nnnc1SCc1cn2ccsc2n1. The third-order valence-corrected chi connectivity index (χ3v) is 4.04. The Morgan fingerprint density at radius 1 is 1.53 bits per heavy atom. The van der Waals surface area contributed by atoms with E-state index in [1.807, 2.05) is 22.2 Å². The van der Waals surface area contributed by atoms with Crippen molar-refractivity contribution < 1.29 is 9.90 Å². The van der Waals surface area contributed by atoms with Crippen LogP contribution in [0.15, 0.2) is 22.9 Å². The maximum atomic E-state index is 10.6. The Morgan fingerprint density at radius 3 is 3.21 bits per heavy atom. The van der Waals surface area contributed by atoms with Crippen molar-refractivity contribution in [3.63, 3.8) is 0 Å². The Balaban J connectivity index is 1.70. The van der Waals surface area contributed by atoms with Crippen LogP contribution in [0.2, 0.25) is 0 Å². The standard InChI is InChI=1S/C9H8N6O2S2/c16-7(17)4-15-9(11-12-13-15)19-5-6-3-14-1-2-18-8(14)10-6/h1-3H,4-5H2,(H,16,17). The normalized spacial score (nSPS) is 11.2. The van der Waals surface area contributed by atoms with E-state index in [9.17, 15) is 4.79 Å². The van der Waals surface area contributed by atoms with Crippen molar-refractivity contribution >= 4 is 34.0 Å². The van der Waals surface area contributed by atoms with E-state index in [1.54, 1.807) is 11.3 Å². The number of thiazole rings is 1. The van der Waals surface area contributed by atoms with Crippen molar-refractivity contribution in [3.8, 4) is 0 Å². The molecule has 1 N–H and O–H groups in total. The topological polar surface area (TPSA) is 98.2 Å². The third-order valence-electron chi connectivity index (χ3n) is 2.28. The molecule has 0 saturated heterocycles. The average molecular weight is 296 g/mol. The summed E-state index contributed by atoms with van der Waals surface area (Å²) in [5, 5.41) is 22.1. The quantitative estimate of drug-likeness (QED) is 0.694. The minimum Gasteiger partial charge on any atom is -0.480 e. The van der Waals surface area contributed by atoms with Gasteiger partial charge in [-0.1, -0.05) is 11.8 Å². The first-order valence-corrected chi connectivity index (χ1v) is 7.11. The van der Waals surface area contributed by atoms with Crippen molar-refractivity contribution in [2.45, 2.75) is 17.5 Å². The Bertz CT molecular complexity index is 689. The molecule has 3 heterocycles. The lowest BCUT2D eigenvalue weighted by Gasteiger charge is -1.99. The first-order chi connectivity index (χ1) is 9.22. The number of fused-ring (bicyclic) bond motifs is 1. The van der Waals surface area contributed by atoms with Crippen molar-refractivity contribution in [1.82, 2.24) is 29.6 Å². The fourth-order valence-corrected chi connectivity index (χ4v) is 2.99. The summed E-state index contributed by atoms with van der Waals surface area (Å²) in [6, 6.07) is 0. The van der Waals surface area contributed by atoms with E-state index in [1.165, 1.54) is 16.4 Å². The minimum absolute atomic E-state index is 0.242. The highest BCUT2D eigenvalue weighted by Crippen LogP contribution is 2.21. The fraction of sp³-hybridized carbons (Fsp3) is 0.222. The van der Waals surface area contributed by atoms with Crippen molar-refractivity contribution in [2.24, 2.45) is 0 Å². The molecule has 3 aromatic heterocycles. The van der Waals surface area contributed by atoms with Gasteiger partial charge in [0.05, 0.1) is 5.69 Å². The van der Waals surface area contributed by atoms with E-state index < -0.39 is 5.97 Å². The summed E-state index contributed by atoms with van der Waals surface area (Å²) in [5.41, 5.74) is 0.904.